The number of hydrogen-bond acceptors (Lipinski definition) is 3. The molecule has 2 N–H and O–H groups in total. The van der Waals surface area contributed by atoms with Gasteiger partial charge in [-0.15, -0.1) is 0 Å². The quantitative estimate of drug-likeness (QED) is 0.896. The van der Waals surface area contributed by atoms with E-state index in [0.29, 0.717) is 19.6 Å². The maximum absolute atomic E-state index is 12.7. The van der Waals surface area contributed by atoms with Gasteiger partial charge in [-0.25, -0.2) is 0 Å². The summed E-state index contributed by atoms with van der Waals surface area (Å²) in [5, 5.41) is 0. The van der Waals surface area contributed by atoms with Crippen LogP contribution in [-0.4, -0.2) is 43.2 Å². The number of nitrogens with two attached hydrogens (primary N) is 1. The Kier molecular flexibility index (Phi) is 5.37. The van der Waals surface area contributed by atoms with Crippen molar-refractivity contribution in [2.45, 2.75) is 38.8 Å². The molecule has 118 valence electrons. The number of rotatable bonds is 5. The third kappa shape index (κ3) is 3.83. The molecule has 5 nitrogen and oxygen atoms in total. The molecule has 1 fully saturated rings. The van der Waals surface area contributed by atoms with Crippen LogP contribution in [-0.2, 0) is 16.8 Å². The molecular weight excluding hydrogens is 286 g/mol. The Morgan fingerprint density at radius 1 is 1.38 bits per heavy atom. The molecule has 0 bridgehead atoms. The highest BCUT2D eigenvalue weighted by Crippen LogP contribution is 2.22. The summed E-state index contributed by atoms with van der Waals surface area (Å²) >= 11 is 0. The largest absolute Gasteiger partial charge is 0.329 e. The Balaban J connectivity index is 2.14. The Hall–Kier alpha value is -0.950. The molecule has 2 rings (SSSR count). The second-order valence-electron chi connectivity index (χ2n) is 5.75. The minimum atomic E-state index is -3.45. The lowest BCUT2D eigenvalue weighted by molar-refractivity contribution is 0.240. The van der Waals surface area contributed by atoms with Gasteiger partial charge in [0.05, 0.1) is 0 Å². The van der Waals surface area contributed by atoms with Gasteiger partial charge < -0.3 is 5.73 Å². The standard InChI is InChI=1S/C15H25N3O2S/c1-13-6-5-7-14(10-13)12-17(2)21(19,20)18-9-4-3-8-15(18)11-16/h5-7,10,15H,3-4,8-9,11-12,16H2,1-2H3. The first-order chi connectivity index (χ1) is 9.95. The van der Waals surface area contributed by atoms with E-state index in [0.717, 1.165) is 30.4 Å². The molecule has 1 saturated heterocycles. The van der Waals surface area contributed by atoms with E-state index < -0.39 is 10.2 Å². The molecule has 0 saturated carbocycles. The van der Waals surface area contributed by atoms with Gasteiger partial charge in [0.1, 0.15) is 0 Å². The van der Waals surface area contributed by atoms with E-state index in [-0.39, 0.29) is 6.04 Å². The summed E-state index contributed by atoms with van der Waals surface area (Å²) < 4.78 is 28.5. The van der Waals surface area contributed by atoms with Crippen molar-refractivity contribution in [3.8, 4) is 0 Å². The number of aryl methyl sites for hydroxylation is 1. The van der Waals surface area contributed by atoms with Gasteiger partial charge in [0.25, 0.3) is 10.2 Å². The fourth-order valence-electron chi connectivity index (χ4n) is 2.84. The van der Waals surface area contributed by atoms with Crippen LogP contribution >= 0.6 is 0 Å². The fraction of sp³-hybridized carbons (Fsp3) is 0.600. The van der Waals surface area contributed by atoms with Crippen LogP contribution in [0, 0.1) is 6.92 Å². The minimum Gasteiger partial charge on any atom is -0.329 e. The maximum atomic E-state index is 12.7. The van der Waals surface area contributed by atoms with Gasteiger partial charge in [-0.2, -0.15) is 17.0 Å². The SMILES string of the molecule is Cc1cccc(CN(C)S(=O)(=O)N2CCCCC2CN)c1. The zero-order chi connectivity index (χ0) is 15.5. The lowest BCUT2D eigenvalue weighted by atomic mass is 10.1. The molecular formula is C15H25N3O2S. The topological polar surface area (TPSA) is 66.6 Å². The predicted octanol–water partition coefficient (Wildman–Crippen LogP) is 1.48. The molecule has 6 heteroatoms. The Morgan fingerprint density at radius 3 is 2.81 bits per heavy atom. The van der Waals surface area contributed by atoms with Crippen LogP contribution in [0.15, 0.2) is 24.3 Å². The van der Waals surface area contributed by atoms with E-state index >= 15 is 0 Å². The third-order valence-electron chi connectivity index (χ3n) is 4.02. The van der Waals surface area contributed by atoms with Crippen molar-refractivity contribution in [3.05, 3.63) is 35.4 Å². The van der Waals surface area contributed by atoms with E-state index in [2.05, 4.69) is 0 Å². The van der Waals surface area contributed by atoms with Crippen LogP contribution in [0.1, 0.15) is 30.4 Å². The number of nitrogens with zero attached hydrogens (tertiary/aromatic N) is 2. The lowest BCUT2D eigenvalue weighted by Gasteiger charge is -2.36. The van der Waals surface area contributed by atoms with Crippen molar-refractivity contribution in [2.24, 2.45) is 5.73 Å². The van der Waals surface area contributed by atoms with Crippen LogP contribution in [0.25, 0.3) is 0 Å². The summed E-state index contributed by atoms with van der Waals surface area (Å²) in [5.41, 5.74) is 7.88. The van der Waals surface area contributed by atoms with E-state index in [1.807, 2.05) is 31.2 Å². The Bertz CT molecular complexity index is 574. The van der Waals surface area contributed by atoms with Crippen molar-refractivity contribution < 1.29 is 8.42 Å². The van der Waals surface area contributed by atoms with Crippen LogP contribution in [0.3, 0.4) is 0 Å². The first-order valence-electron chi connectivity index (χ1n) is 7.44. The molecule has 1 aromatic rings. The second kappa shape index (κ2) is 6.87. The molecule has 21 heavy (non-hydrogen) atoms. The molecule has 1 unspecified atom stereocenters. The van der Waals surface area contributed by atoms with Gasteiger partial charge in [-0.05, 0) is 25.3 Å². The zero-order valence-corrected chi connectivity index (χ0v) is 13.6. The smallest absolute Gasteiger partial charge is 0.282 e. The summed E-state index contributed by atoms with van der Waals surface area (Å²) in [7, 11) is -1.81. The highest BCUT2D eigenvalue weighted by molar-refractivity contribution is 7.86. The molecule has 1 atom stereocenters. The number of piperidine rings is 1. The van der Waals surface area contributed by atoms with Crippen LogP contribution < -0.4 is 5.73 Å². The van der Waals surface area contributed by atoms with Gasteiger partial charge in [0.2, 0.25) is 0 Å². The van der Waals surface area contributed by atoms with Crippen molar-refractivity contribution in [1.82, 2.24) is 8.61 Å². The molecule has 1 heterocycles. The van der Waals surface area contributed by atoms with Gasteiger partial charge in [0, 0.05) is 32.7 Å². The summed E-state index contributed by atoms with van der Waals surface area (Å²) in [4.78, 5) is 0. The van der Waals surface area contributed by atoms with E-state index in [9.17, 15) is 8.42 Å². The fourth-order valence-corrected chi connectivity index (χ4v) is 4.44. The van der Waals surface area contributed by atoms with Crippen LogP contribution in [0.4, 0.5) is 0 Å². The Morgan fingerprint density at radius 2 is 2.14 bits per heavy atom. The predicted molar refractivity (Wildman–Crippen MR) is 85.0 cm³/mol. The summed E-state index contributed by atoms with van der Waals surface area (Å²) in [6.07, 6.45) is 2.82. The van der Waals surface area contributed by atoms with Crippen molar-refractivity contribution in [1.29, 1.82) is 0 Å². The lowest BCUT2D eigenvalue weighted by Crippen LogP contribution is -2.51. The van der Waals surface area contributed by atoms with E-state index in [1.165, 1.54) is 4.31 Å². The normalized spacial score (nSPS) is 20.9. The molecule has 0 spiro atoms. The molecule has 1 aliphatic heterocycles. The number of benzene rings is 1. The zero-order valence-electron chi connectivity index (χ0n) is 12.8. The molecule has 1 aromatic carbocycles. The molecule has 1 aliphatic rings. The molecule has 0 amide bonds. The van der Waals surface area contributed by atoms with E-state index in [1.54, 1.807) is 11.4 Å². The van der Waals surface area contributed by atoms with Crippen LogP contribution in [0.5, 0.6) is 0 Å². The summed E-state index contributed by atoms with van der Waals surface area (Å²) in [6.45, 7) is 3.35. The van der Waals surface area contributed by atoms with Gasteiger partial charge >= 0.3 is 0 Å². The minimum absolute atomic E-state index is 0.0660. The first-order valence-corrected chi connectivity index (χ1v) is 8.83. The second-order valence-corrected chi connectivity index (χ2v) is 7.74. The average Bonchev–Trinajstić information content (AvgIpc) is 2.47. The van der Waals surface area contributed by atoms with Gasteiger partial charge in [0.15, 0.2) is 0 Å². The number of hydrogen-bond donors (Lipinski definition) is 1. The third-order valence-corrected chi connectivity index (χ3v) is 6.01. The van der Waals surface area contributed by atoms with Crippen molar-refractivity contribution in [3.63, 3.8) is 0 Å². The maximum Gasteiger partial charge on any atom is 0.282 e. The summed E-state index contributed by atoms with van der Waals surface area (Å²) in [6, 6.07) is 7.86. The van der Waals surface area contributed by atoms with Crippen molar-refractivity contribution >= 4 is 10.2 Å². The average molecular weight is 311 g/mol. The molecule has 0 aromatic heterocycles. The molecule has 0 radical (unpaired) electrons. The van der Waals surface area contributed by atoms with Crippen molar-refractivity contribution in [2.75, 3.05) is 20.1 Å². The first kappa shape index (κ1) is 16.4. The highest BCUT2D eigenvalue weighted by Gasteiger charge is 2.34. The monoisotopic (exact) mass is 311 g/mol. The summed E-state index contributed by atoms with van der Waals surface area (Å²) in [5.74, 6) is 0. The highest BCUT2D eigenvalue weighted by atomic mass is 32.2. The van der Waals surface area contributed by atoms with Crippen LogP contribution in [0.2, 0.25) is 0 Å². The van der Waals surface area contributed by atoms with Gasteiger partial charge in [-0.3, -0.25) is 0 Å². The Labute approximate surface area is 127 Å². The van der Waals surface area contributed by atoms with Gasteiger partial charge in [-0.1, -0.05) is 36.2 Å². The van der Waals surface area contributed by atoms with E-state index in [4.69, 9.17) is 5.73 Å². The molecule has 0 aliphatic carbocycles.